The number of methoxy groups -OCH3 is 1. The van der Waals surface area contributed by atoms with Gasteiger partial charge in [0, 0.05) is 0 Å². The van der Waals surface area contributed by atoms with E-state index in [9.17, 15) is 4.79 Å². The van der Waals surface area contributed by atoms with E-state index in [2.05, 4.69) is 15.3 Å². The predicted molar refractivity (Wildman–Crippen MR) is 106 cm³/mol. The molecular weight excluding hydrogens is 346 g/mol. The van der Waals surface area contributed by atoms with Gasteiger partial charge in [-0.15, -0.1) is 0 Å². The van der Waals surface area contributed by atoms with Gasteiger partial charge in [-0.1, -0.05) is 30.0 Å². The molecule has 1 N–H and O–H groups in total. The fourth-order valence-corrected chi connectivity index (χ4v) is 3.43. The van der Waals surface area contributed by atoms with E-state index in [1.54, 1.807) is 7.11 Å². The van der Waals surface area contributed by atoms with Crippen LogP contribution < -0.4 is 10.1 Å². The summed E-state index contributed by atoms with van der Waals surface area (Å²) in [6.45, 7) is 5.75. The number of anilines is 1. The molecule has 3 rings (SSSR count). The van der Waals surface area contributed by atoms with Gasteiger partial charge in [0.1, 0.15) is 10.8 Å². The summed E-state index contributed by atoms with van der Waals surface area (Å²) in [5.41, 5.74) is 4.23. The molecule has 0 saturated carbocycles. The zero-order valence-corrected chi connectivity index (χ0v) is 16.1. The number of amides is 1. The van der Waals surface area contributed by atoms with Crippen molar-refractivity contribution >= 4 is 34.4 Å². The van der Waals surface area contributed by atoms with Gasteiger partial charge in [-0.25, -0.2) is 9.97 Å². The van der Waals surface area contributed by atoms with Crippen LogP contribution in [0.3, 0.4) is 0 Å². The van der Waals surface area contributed by atoms with Crippen LogP contribution in [0.25, 0.3) is 11.0 Å². The zero-order valence-electron chi connectivity index (χ0n) is 15.2. The second-order valence-corrected chi connectivity index (χ2v) is 7.39. The number of ether oxygens (including phenoxy) is 1. The number of aromatic nitrogens is 2. The highest BCUT2D eigenvalue weighted by atomic mass is 32.2. The molecule has 0 radical (unpaired) electrons. The molecule has 0 fully saturated rings. The molecule has 5 nitrogen and oxygen atoms in total. The van der Waals surface area contributed by atoms with Crippen LogP contribution in [0.1, 0.15) is 18.2 Å². The van der Waals surface area contributed by atoms with Crippen molar-refractivity contribution in [3.05, 3.63) is 53.7 Å². The lowest BCUT2D eigenvalue weighted by atomic mass is 10.2. The summed E-state index contributed by atoms with van der Waals surface area (Å²) in [5, 5.41) is 3.39. The molecule has 0 aliphatic heterocycles. The molecule has 0 bridgehead atoms. The van der Waals surface area contributed by atoms with Gasteiger partial charge >= 0.3 is 0 Å². The Morgan fingerprint density at radius 2 is 1.81 bits per heavy atom. The highest BCUT2D eigenvalue weighted by Gasteiger charge is 2.19. The number of nitrogens with one attached hydrogen (secondary N) is 1. The molecule has 1 atom stereocenters. The average molecular weight is 367 g/mol. The fraction of sp³-hybridized carbons (Fsp3) is 0.250. The van der Waals surface area contributed by atoms with E-state index in [4.69, 9.17) is 4.74 Å². The lowest BCUT2D eigenvalue weighted by molar-refractivity contribution is -0.115. The van der Waals surface area contributed by atoms with Crippen LogP contribution in [-0.2, 0) is 4.79 Å². The summed E-state index contributed by atoms with van der Waals surface area (Å²) in [5.74, 6) is 0.538. The first kappa shape index (κ1) is 18.2. The van der Waals surface area contributed by atoms with E-state index in [0.29, 0.717) is 11.4 Å². The Hall–Kier alpha value is -2.60. The third kappa shape index (κ3) is 3.96. The monoisotopic (exact) mass is 367 g/mol. The maximum absolute atomic E-state index is 12.6. The predicted octanol–water partition coefficient (Wildman–Crippen LogP) is 4.37. The quantitative estimate of drug-likeness (QED) is 0.678. The number of carbonyl (C=O) groups excluding carboxylic acids is 1. The van der Waals surface area contributed by atoms with Crippen LogP contribution in [0, 0.1) is 13.8 Å². The lowest BCUT2D eigenvalue weighted by Gasteiger charge is -2.15. The third-order valence-electron chi connectivity index (χ3n) is 3.97. The Bertz CT molecular complexity index is 959. The molecule has 1 amide bonds. The Labute approximate surface area is 157 Å². The molecule has 6 heteroatoms. The Balaban J connectivity index is 1.77. The van der Waals surface area contributed by atoms with Gasteiger partial charge < -0.3 is 10.1 Å². The van der Waals surface area contributed by atoms with Crippen LogP contribution in [0.5, 0.6) is 5.75 Å². The number of hydrogen-bond acceptors (Lipinski definition) is 5. The smallest absolute Gasteiger partial charge is 0.237 e. The SMILES string of the molecule is COc1ccc(C)cc1NC(=O)C(C)Sc1nc2ccccc2nc1C. The number of thioether (sulfide) groups is 1. The molecule has 1 heterocycles. The third-order valence-corrected chi connectivity index (χ3v) is 5.15. The number of hydrogen-bond donors (Lipinski definition) is 1. The second kappa shape index (κ2) is 7.74. The first-order valence-corrected chi connectivity index (χ1v) is 9.21. The van der Waals surface area contributed by atoms with Crippen molar-refractivity contribution in [2.75, 3.05) is 12.4 Å². The number of aryl methyl sites for hydroxylation is 2. The second-order valence-electron chi connectivity index (χ2n) is 6.06. The minimum atomic E-state index is -0.325. The maximum atomic E-state index is 12.6. The van der Waals surface area contributed by atoms with Crippen molar-refractivity contribution in [2.45, 2.75) is 31.0 Å². The Morgan fingerprint density at radius 3 is 2.50 bits per heavy atom. The minimum Gasteiger partial charge on any atom is -0.495 e. The van der Waals surface area contributed by atoms with Gasteiger partial charge in [0.2, 0.25) is 5.91 Å². The molecule has 26 heavy (non-hydrogen) atoms. The van der Waals surface area contributed by atoms with Crippen molar-refractivity contribution < 1.29 is 9.53 Å². The summed E-state index contributed by atoms with van der Waals surface area (Å²) in [6.07, 6.45) is 0. The van der Waals surface area contributed by atoms with Crippen molar-refractivity contribution in [1.29, 1.82) is 0 Å². The van der Waals surface area contributed by atoms with Crippen LogP contribution in [0.2, 0.25) is 0 Å². The van der Waals surface area contributed by atoms with Crippen LogP contribution in [-0.4, -0.2) is 28.2 Å². The van der Waals surface area contributed by atoms with Gasteiger partial charge in [0.05, 0.1) is 34.8 Å². The molecule has 2 aromatic carbocycles. The standard InChI is InChI=1S/C20H21N3O2S/c1-12-9-10-18(25-4)17(11-12)22-19(24)14(3)26-20-13(2)21-15-7-5-6-8-16(15)23-20/h5-11,14H,1-4H3,(H,22,24). The molecule has 0 aliphatic rings. The normalized spacial score (nSPS) is 12.0. The van der Waals surface area contributed by atoms with Gasteiger partial charge in [0.15, 0.2) is 0 Å². The average Bonchev–Trinajstić information content (AvgIpc) is 2.62. The molecule has 0 saturated heterocycles. The van der Waals surface area contributed by atoms with Gasteiger partial charge in [-0.2, -0.15) is 0 Å². The largest absolute Gasteiger partial charge is 0.495 e. The Morgan fingerprint density at radius 1 is 1.12 bits per heavy atom. The van der Waals surface area contributed by atoms with Crippen molar-refractivity contribution in [2.24, 2.45) is 0 Å². The zero-order chi connectivity index (χ0) is 18.7. The van der Waals surface area contributed by atoms with E-state index in [-0.39, 0.29) is 11.2 Å². The van der Waals surface area contributed by atoms with Gasteiger partial charge in [-0.3, -0.25) is 4.79 Å². The van der Waals surface area contributed by atoms with E-state index in [0.717, 1.165) is 27.3 Å². The number of nitrogens with zero attached hydrogens (tertiary/aromatic N) is 2. The van der Waals surface area contributed by atoms with Gasteiger partial charge in [0.25, 0.3) is 0 Å². The van der Waals surface area contributed by atoms with Crippen molar-refractivity contribution in [3.8, 4) is 5.75 Å². The number of benzene rings is 2. The van der Waals surface area contributed by atoms with Crippen LogP contribution >= 0.6 is 11.8 Å². The Kier molecular flexibility index (Phi) is 5.42. The number of carbonyl (C=O) groups is 1. The number of para-hydroxylation sites is 2. The first-order valence-electron chi connectivity index (χ1n) is 8.33. The molecule has 1 unspecified atom stereocenters. The van der Waals surface area contributed by atoms with Crippen LogP contribution in [0.4, 0.5) is 5.69 Å². The summed E-state index contributed by atoms with van der Waals surface area (Å²) in [7, 11) is 1.59. The van der Waals surface area contributed by atoms with E-state index < -0.39 is 0 Å². The minimum absolute atomic E-state index is 0.103. The van der Waals surface area contributed by atoms with E-state index in [1.165, 1.54) is 11.8 Å². The summed E-state index contributed by atoms with van der Waals surface area (Å²) in [4.78, 5) is 21.9. The molecular formula is C20H21N3O2S. The summed E-state index contributed by atoms with van der Waals surface area (Å²) < 4.78 is 5.32. The molecule has 134 valence electrons. The molecule has 3 aromatic rings. The highest BCUT2D eigenvalue weighted by Crippen LogP contribution is 2.29. The van der Waals surface area contributed by atoms with Crippen molar-refractivity contribution in [3.63, 3.8) is 0 Å². The highest BCUT2D eigenvalue weighted by molar-refractivity contribution is 8.00. The first-order chi connectivity index (χ1) is 12.5. The van der Waals surface area contributed by atoms with Crippen LogP contribution in [0.15, 0.2) is 47.5 Å². The van der Waals surface area contributed by atoms with Gasteiger partial charge in [-0.05, 0) is 50.6 Å². The van der Waals surface area contributed by atoms with Crippen molar-refractivity contribution in [1.82, 2.24) is 9.97 Å². The summed E-state index contributed by atoms with van der Waals surface area (Å²) in [6, 6.07) is 13.4. The molecule has 0 aliphatic carbocycles. The summed E-state index contributed by atoms with van der Waals surface area (Å²) >= 11 is 1.40. The molecule has 0 spiro atoms. The topological polar surface area (TPSA) is 64.1 Å². The molecule has 1 aromatic heterocycles. The number of rotatable bonds is 5. The number of fused-ring (bicyclic) bond motifs is 1. The van der Waals surface area contributed by atoms with E-state index in [1.807, 2.05) is 63.2 Å². The maximum Gasteiger partial charge on any atom is 0.237 e. The lowest BCUT2D eigenvalue weighted by Crippen LogP contribution is -2.23. The van der Waals surface area contributed by atoms with E-state index >= 15 is 0 Å². The fourth-order valence-electron chi connectivity index (χ4n) is 2.56.